The first-order valence-electron chi connectivity index (χ1n) is 4.07. The standard InChI is InChI=1S/C8H17NO2.H3N/c1-3-4-5-6-9(2)7-8(10)11;/h3-7H2,1-2H3,(H,10,11);1H3. The zero-order chi connectivity index (χ0) is 8.69. The van der Waals surface area contributed by atoms with E-state index in [0.717, 1.165) is 13.0 Å². The van der Waals surface area contributed by atoms with Gasteiger partial charge in [0.25, 0.3) is 0 Å². The van der Waals surface area contributed by atoms with E-state index >= 15 is 0 Å². The molecule has 4 N–H and O–H groups in total. The number of nitrogens with zero attached hydrogens (tertiary/aromatic N) is 1. The summed E-state index contributed by atoms with van der Waals surface area (Å²) in [6, 6.07) is 0. The number of carbonyl (C=O) groups is 1. The second-order valence-electron chi connectivity index (χ2n) is 2.84. The monoisotopic (exact) mass is 176 g/mol. The summed E-state index contributed by atoms with van der Waals surface area (Å²) in [4.78, 5) is 12.0. The third kappa shape index (κ3) is 9.39. The van der Waals surface area contributed by atoms with Crippen molar-refractivity contribution >= 4 is 5.97 Å². The van der Waals surface area contributed by atoms with E-state index in [-0.39, 0.29) is 12.7 Å². The summed E-state index contributed by atoms with van der Waals surface area (Å²) in [7, 11) is 1.84. The van der Waals surface area contributed by atoms with Crippen molar-refractivity contribution in [2.75, 3.05) is 20.1 Å². The molecule has 0 fully saturated rings. The Morgan fingerprint density at radius 3 is 2.42 bits per heavy atom. The number of likely N-dealkylation sites (N-methyl/N-ethyl adjacent to an activating group) is 1. The maximum atomic E-state index is 10.2. The van der Waals surface area contributed by atoms with Gasteiger partial charge in [-0.05, 0) is 20.0 Å². The Bertz CT molecular complexity index is 118. The van der Waals surface area contributed by atoms with Crippen molar-refractivity contribution in [2.24, 2.45) is 0 Å². The summed E-state index contributed by atoms with van der Waals surface area (Å²) in [5.74, 6) is -0.746. The minimum atomic E-state index is -0.746. The van der Waals surface area contributed by atoms with Crippen molar-refractivity contribution < 1.29 is 9.90 Å². The summed E-state index contributed by atoms with van der Waals surface area (Å²) in [6.07, 6.45) is 3.46. The van der Waals surface area contributed by atoms with E-state index < -0.39 is 5.97 Å². The lowest BCUT2D eigenvalue weighted by Crippen LogP contribution is -2.26. The van der Waals surface area contributed by atoms with Gasteiger partial charge in [0.2, 0.25) is 0 Å². The number of hydrogen-bond acceptors (Lipinski definition) is 3. The minimum absolute atomic E-state index is 0. The normalized spacial score (nSPS) is 9.58. The van der Waals surface area contributed by atoms with Gasteiger partial charge in [0.05, 0.1) is 6.54 Å². The van der Waals surface area contributed by atoms with Crippen LogP contribution in [-0.2, 0) is 4.79 Å². The fourth-order valence-corrected chi connectivity index (χ4v) is 0.942. The Morgan fingerprint density at radius 2 is 2.00 bits per heavy atom. The van der Waals surface area contributed by atoms with Gasteiger partial charge in [0.1, 0.15) is 0 Å². The SMILES string of the molecule is CCCCCN(C)CC(=O)O.N. The molecule has 4 nitrogen and oxygen atoms in total. The molecule has 0 unspecified atom stereocenters. The van der Waals surface area contributed by atoms with Crippen LogP contribution in [0.1, 0.15) is 26.2 Å². The average Bonchev–Trinajstić information content (AvgIpc) is 1.86. The molecule has 0 rings (SSSR count). The van der Waals surface area contributed by atoms with Gasteiger partial charge in [-0.3, -0.25) is 9.69 Å². The van der Waals surface area contributed by atoms with Gasteiger partial charge in [-0.15, -0.1) is 0 Å². The van der Waals surface area contributed by atoms with Gasteiger partial charge in [0, 0.05) is 0 Å². The highest BCUT2D eigenvalue weighted by molar-refractivity contribution is 5.68. The van der Waals surface area contributed by atoms with Crippen molar-refractivity contribution in [3.8, 4) is 0 Å². The Balaban J connectivity index is 0. The van der Waals surface area contributed by atoms with Gasteiger partial charge < -0.3 is 11.3 Å². The fourth-order valence-electron chi connectivity index (χ4n) is 0.942. The summed E-state index contributed by atoms with van der Waals surface area (Å²) >= 11 is 0. The topological polar surface area (TPSA) is 75.5 Å². The lowest BCUT2D eigenvalue weighted by molar-refractivity contribution is -0.137. The van der Waals surface area contributed by atoms with Crippen LogP contribution in [0.2, 0.25) is 0 Å². The highest BCUT2D eigenvalue weighted by atomic mass is 16.4. The van der Waals surface area contributed by atoms with Crippen LogP contribution in [0.4, 0.5) is 0 Å². The van der Waals surface area contributed by atoms with Crippen molar-refractivity contribution in [2.45, 2.75) is 26.2 Å². The highest BCUT2D eigenvalue weighted by Gasteiger charge is 2.01. The first-order valence-corrected chi connectivity index (χ1v) is 4.07. The van der Waals surface area contributed by atoms with Crippen LogP contribution in [0.15, 0.2) is 0 Å². The summed E-state index contributed by atoms with van der Waals surface area (Å²) < 4.78 is 0. The van der Waals surface area contributed by atoms with E-state index in [1.807, 2.05) is 11.9 Å². The summed E-state index contributed by atoms with van der Waals surface area (Å²) in [5, 5.41) is 8.40. The van der Waals surface area contributed by atoms with Crippen LogP contribution in [0.25, 0.3) is 0 Å². The van der Waals surface area contributed by atoms with Crippen molar-refractivity contribution in [1.29, 1.82) is 0 Å². The number of unbranched alkanes of at least 4 members (excludes halogenated alkanes) is 2. The van der Waals surface area contributed by atoms with Gasteiger partial charge in [-0.2, -0.15) is 0 Å². The molecular weight excluding hydrogens is 156 g/mol. The van der Waals surface area contributed by atoms with E-state index in [0.29, 0.717) is 0 Å². The quantitative estimate of drug-likeness (QED) is 0.599. The van der Waals surface area contributed by atoms with Crippen LogP contribution in [0.5, 0.6) is 0 Å². The molecule has 0 spiro atoms. The van der Waals surface area contributed by atoms with E-state index in [9.17, 15) is 4.79 Å². The maximum absolute atomic E-state index is 10.2. The van der Waals surface area contributed by atoms with Gasteiger partial charge in [-0.25, -0.2) is 0 Å². The lowest BCUT2D eigenvalue weighted by Gasteiger charge is -2.12. The second-order valence-corrected chi connectivity index (χ2v) is 2.84. The van der Waals surface area contributed by atoms with Crippen molar-refractivity contribution in [3.05, 3.63) is 0 Å². The van der Waals surface area contributed by atoms with Gasteiger partial charge >= 0.3 is 5.97 Å². The lowest BCUT2D eigenvalue weighted by atomic mass is 10.2. The van der Waals surface area contributed by atoms with Crippen LogP contribution >= 0.6 is 0 Å². The third-order valence-corrected chi connectivity index (χ3v) is 1.55. The third-order valence-electron chi connectivity index (χ3n) is 1.55. The number of aliphatic carboxylic acids is 1. The van der Waals surface area contributed by atoms with Crippen LogP contribution in [-0.4, -0.2) is 36.1 Å². The summed E-state index contributed by atoms with van der Waals surface area (Å²) in [5.41, 5.74) is 0. The molecule has 0 aliphatic heterocycles. The zero-order valence-electron chi connectivity index (χ0n) is 8.05. The molecule has 0 aromatic carbocycles. The largest absolute Gasteiger partial charge is 0.480 e. The Labute approximate surface area is 74.1 Å². The molecule has 0 heterocycles. The molecule has 0 aliphatic carbocycles. The molecule has 74 valence electrons. The first kappa shape index (κ1) is 13.9. The second kappa shape index (κ2) is 8.49. The molecule has 0 amide bonds. The predicted octanol–water partition coefficient (Wildman–Crippen LogP) is 1.35. The number of rotatable bonds is 6. The van der Waals surface area contributed by atoms with Crippen LogP contribution in [0, 0.1) is 0 Å². The van der Waals surface area contributed by atoms with Crippen LogP contribution in [0.3, 0.4) is 0 Å². The van der Waals surface area contributed by atoms with E-state index in [4.69, 9.17) is 5.11 Å². The molecule has 0 radical (unpaired) electrons. The van der Waals surface area contributed by atoms with E-state index in [1.165, 1.54) is 12.8 Å². The van der Waals surface area contributed by atoms with Crippen molar-refractivity contribution in [3.63, 3.8) is 0 Å². The molecule has 0 aromatic rings. The highest BCUT2D eigenvalue weighted by Crippen LogP contribution is 1.95. The Hall–Kier alpha value is -0.610. The van der Waals surface area contributed by atoms with Gasteiger partial charge in [-0.1, -0.05) is 19.8 Å². The molecule has 0 aromatic heterocycles. The Kier molecular flexibility index (Phi) is 9.86. The minimum Gasteiger partial charge on any atom is -0.480 e. The maximum Gasteiger partial charge on any atom is 0.317 e. The van der Waals surface area contributed by atoms with E-state index in [1.54, 1.807) is 0 Å². The molecule has 12 heavy (non-hydrogen) atoms. The molecule has 4 heteroatoms. The first-order chi connectivity index (χ1) is 5.16. The summed E-state index contributed by atoms with van der Waals surface area (Å²) in [6.45, 7) is 3.18. The predicted molar refractivity (Wildman–Crippen MR) is 49.7 cm³/mol. The van der Waals surface area contributed by atoms with Crippen LogP contribution < -0.4 is 6.15 Å². The molecular formula is C8H20N2O2. The average molecular weight is 176 g/mol. The molecule has 0 saturated carbocycles. The molecule has 0 atom stereocenters. The number of carboxylic acids is 1. The number of carboxylic acid groups (broad SMARTS) is 1. The number of hydrogen-bond donors (Lipinski definition) is 2. The molecule has 0 bridgehead atoms. The molecule has 0 aliphatic rings. The smallest absolute Gasteiger partial charge is 0.317 e. The van der Waals surface area contributed by atoms with Gasteiger partial charge in [0.15, 0.2) is 0 Å². The Morgan fingerprint density at radius 1 is 1.42 bits per heavy atom. The van der Waals surface area contributed by atoms with E-state index in [2.05, 4.69) is 6.92 Å². The van der Waals surface area contributed by atoms with Crippen molar-refractivity contribution in [1.82, 2.24) is 11.1 Å². The molecule has 0 saturated heterocycles. The fraction of sp³-hybridized carbons (Fsp3) is 0.875. The zero-order valence-corrected chi connectivity index (χ0v) is 8.05.